The van der Waals surface area contributed by atoms with Crippen molar-refractivity contribution in [2.75, 3.05) is 5.32 Å². The number of anilines is 2. The van der Waals surface area contributed by atoms with E-state index >= 15 is 0 Å². The van der Waals surface area contributed by atoms with E-state index in [-0.39, 0.29) is 18.4 Å². The number of pyridine rings is 1. The van der Waals surface area contributed by atoms with Crippen LogP contribution in [0.2, 0.25) is 0 Å². The largest absolute Gasteiger partial charge is 0.480 e. The molecule has 0 aliphatic carbocycles. The third-order valence-electron chi connectivity index (χ3n) is 5.35. The maximum atomic E-state index is 12.5. The zero-order valence-electron chi connectivity index (χ0n) is 18.1. The Morgan fingerprint density at radius 2 is 1.75 bits per heavy atom. The molecule has 164 valence electrons. The van der Waals surface area contributed by atoms with Gasteiger partial charge in [0.05, 0.1) is 0 Å². The van der Waals surface area contributed by atoms with Crippen LogP contribution in [-0.2, 0) is 16.1 Å². The molecule has 0 bridgehead atoms. The summed E-state index contributed by atoms with van der Waals surface area (Å²) >= 11 is 0. The number of carboxylic acid groups (broad SMARTS) is 1. The summed E-state index contributed by atoms with van der Waals surface area (Å²) in [7, 11) is 0. The highest BCUT2D eigenvalue weighted by molar-refractivity contribution is 5.89. The molecule has 3 N–H and O–H groups in total. The van der Waals surface area contributed by atoms with E-state index in [0.717, 1.165) is 33.1 Å². The van der Waals surface area contributed by atoms with Crippen LogP contribution in [-0.4, -0.2) is 32.6 Å². The molecule has 0 radical (unpaired) electrons. The predicted octanol–water partition coefficient (Wildman–Crippen LogP) is 4.55. The van der Waals surface area contributed by atoms with Gasteiger partial charge in [0, 0.05) is 46.3 Å². The van der Waals surface area contributed by atoms with Crippen molar-refractivity contribution in [1.82, 2.24) is 14.9 Å². The van der Waals surface area contributed by atoms with Crippen molar-refractivity contribution >= 4 is 44.9 Å². The van der Waals surface area contributed by atoms with E-state index in [9.17, 15) is 14.7 Å². The van der Waals surface area contributed by atoms with Crippen LogP contribution in [0, 0.1) is 5.92 Å². The quantitative estimate of drug-likeness (QED) is 0.381. The summed E-state index contributed by atoms with van der Waals surface area (Å²) in [6.07, 6.45) is 5.85. The van der Waals surface area contributed by atoms with E-state index in [1.807, 2.05) is 73.3 Å². The van der Waals surface area contributed by atoms with Gasteiger partial charge >= 0.3 is 5.97 Å². The Balaban J connectivity index is 1.47. The first-order chi connectivity index (χ1) is 15.4. The van der Waals surface area contributed by atoms with E-state index < -0.39 is 12.0 Å². The number of benzene rings is 2. The molecule has 2 aromatic heterocycles. The summed E-state index contributed by atoms with van der Waals surface area (Å²) in [6.45, 7) is 3.93. The van der Waals surface area contributed by atoms with Gasteiger partial charge in [-0.05, 0) is 60.2 Å². The Hall–Kier alpha value is -3.87. The zero-order valence-corrected chi connectivity index (χ0v) is 18.1. The average molecular weight is 431 g/mol. The van der Waals surface area contributed by atoms with Crippen molar-refractivity contribution in [2.24, 2.45) is 5.92 Å². The molecular weight excluding hydrogens is 404 g/mol. The van der Waals surface area contributed by atoms with Gasteiger partial charge in [-0.25, -0.2) is 4.79 Å². The zero-order chi connectivity index (χ0) is 22.7. The SMILES string of the molecule is CC(C)C[C@H](NC(=O)Cn1ccc2cc(Nc3ccc4cnccc4c3)ccc21)C(=O)O. The van der Waals surface area contributed by atoms with Crippen LogP contribution in [0.3, 0.4) is 0 Å². The molecule has 32 heavy (non-hydrogen) atoms. The van der Waals surface area contributed by atoms with E-state index in [1.165, 1.54) is 0 Å². The lowest BCUT2D eigenvalue weighted by atomic mass is 10.0. The van der Waals surface area contributed by atoms with Crippen LogP contribution in [0.4, 0.5) is 11.4 Å². The van der Waals surface area contributed by atoms with Crippen molar-refractivity contribution in [3.63, 3.8) is 0 Å². The Labute approximate surface area is 186 Å². The molecule has 2 aromatic carbocycles. The van der Waals surface area contributed by atoms with Gasteiger partial charge in [0.15, 0.2) is 0 Å². The molecule has 0 spiro atoms. The lowest BCUT2D eigenvalue weighted by molar-refractivity contribution is -0.142. The second-order valence-corrected chi connectivity index (χ2v) is 8.37. The fraction of sp³-hybridized carbons (Fsp3) is 0.240. The number of aromatic nitrogens is 2. The highest BCUT2D eigenvalue weighted by atomic mass is 16.4. The molecule has 7 nitrogen and oxygen atoms in total. The lowest BCUT2D eigenvalue weighted by Gasteiger charge is -2.17. The summed E-state index contributed by atoms with van der Waals surface area (Å²) in [5, 5.41) is 18.6. The van der Waals surface area contributed by atoms with Gasteiger partial charge in [0.1, 0.15) is 12.6 Å². The molecule has 0 aliphatic rings. The summed E-state index contributed by atoms with van der Waals surface area (Å²) in [5.41, 5.74) is 2.83. The van der Waals surface area contributed by atoms with Crippen molar-refractivity contribution in [3.05, 3.63) is 67.1 Å². The van der Waals surface area contributed by atoms with Gasteiger partial charge in [-0.1, -0.05) is 19.9 Å². The molecule has 2 heterocycles. The number of aliphatic carboxylic acids is 1. The van der Waals surface area contributed by atoms with Gasteiger partial charge in [0.2, 0.25) is 5.91 Å². The van der Waals surface area contributed by atoms with Crippen molar-refractivity contribution in [1.29, 1.82) is 0 Å². The number of nitrogens with one attached hydrogen (secondary N) is 2. The first-order valence-corrected chi connectivity index (χ1v) is 10.6. The normalized spacial score (nSPS) is 12.2. The summed E-state index contributed by atoms with van der Waals surface area (Å²) in [6, 6.07) is 15.1. The number of fused-ring (bicyclic) bond motifs is 2. The highest BCUT2D eigenvalue weighted by Gasteiger charge is 2.21. The Bertz CT molecular complexity index is 1280. The van der Waals surface area contributed by atoms with Crippen LogP contribution in [0.5, 0.6) is 0 Å². The monoisotopic (exact) mass is 430 g/mol. The van der Waals surface area contributed by atoms with Gasteiger partial charge in [0.25, 0.3) is 0 Å². The number of hydrogen-bond acceptors (Lipinski definition) is 4. The topological polar surface area (TPSA) is 96.3 Å². The number of carboxylic acids is 1. The van der Waals surface area contributed by atoms with E-state index in [4.69, 9.17) is 0 Å². The molecule has 0 unspecified atom stereocenters. The Morgan fingerprint density at radius 1 is 1.00 bits per heavy atom. The van der Waals surface area contributed by atoms with Gasteiger partial charge in [-0.3, -0.25) is 9.78 Å². The summed E-state index contributed by atoms with van der Waals surface area (Å²) in [5.74, 6) is -1.15. The third-order valence-corrected chi connectivity index (χ3v) is 5.35. The molecule has 0 fully saturated rings. The van der Waals surface area contributed by atoms with Gasteiger partial charge in [-0.15, -0.1) is 0 Å². The number of hydrogen-bond donors (Lipinski definition) is 3. The number of carbonyl (C=O) groups excluding carboxylic acids is 1. The maximum Gasteiger partial charge on any atom is 0.326 e. The number of rotatable bonds is 8. The first-order valence-electron chi connectivity index (χ1n) is 10.6. The fourth-order valence-corrected chi connectivity index (χ4v) is 3.83. The Morgan fingerprint density at radius 3 is 2.50 bits per heavy atom. The van der Waals surface area contributed by atoms with Gasteiger partial charge in [-0.2, -0.15) is 0 Å². The third kappa shape index (κ3) is 4.88. The van der Waals surface area contributed by atoms with Crippen molar-refractivity contribution in [2.45, 2.75) is 32.9 Å². The minimum atomic E-state index is -1.01. The number of nitrogens with zero attached hydrogens (tertiary/aromatic N) is 2. The van der Waals surface area contributed by atoms with Crippen LogP contribution in [0.25, 0.3) is 21.7 Å². The van der Waals surface area contributed by atoms with Crippen molar-refractivity contribution in [3.8, 4) is 0 Å². The maximum absolute atomic E-state index is 12.5. The van der Waals surface area contributed by atoms with Crippen molar-refractivity contribution < 1.29 is 14.7 Å². The molecule has 0 aliphatic heterocycles. The first kappa shape index (κ1) is 21.4. The second-order valence-electron chi connectivity index (χ2n) is 8.37. The smallest absolute Gasteiger partial charge is 0.326 e. The van der Waals surface area contributed by atoms with E-state index in [1.54, 1.807) is 6.20 Å². The predicted molar refractivity (Wildman–Crippen MR) is 126 cm³/mol. The van der Waals surface area contributed by atoms with Crippen LogP contribution >= 0.6 is 0 Å². The standard InChI is InChI=1S/C25H26N4O3/c1-16(2)11-22(25(31)32)28-24(30)15-29-10-8-18-13-21(5-6-23(18)29)27-20-4-3-19-14-26-9-7-17(19)12-20/h3-10,12-14,16,22,27H,11,15H2,1-2H3,(H,28,30)(H,31,32)/t22-/m0/s1. The molecule has 1 amide bonds. The minimum Gasteiger partial charge on any atom is -0.480 e. The van der Waals surface area contributed by atoms with E-state index in [0.29, 0.717) is 6.42 Å². The highest BCUT2D eigenvalue weighted by Crippen LogP contribution is 2.25. The molecule has 0 saturated heterocycles. The molecule has 7 heteroatoms. The molecule has 0 saturated carbocycles. The van der Waals surface area contributed by atoms with Gasteiger partial charge < -0.3 is 20.3 Å². The molecular formula is C25H26N4O3. The summed E-state index contributed by atoms with van der Waals surface area (Å²) in [4.78, 5) is 28.0. The van der Waals surface area contributed by atoms with Crippen LogP contribution in [0.1, 0.15) is 20.3 Å². The fourth-order valence-electron chi connectivity index (χ4n) is 3.83. The van der Waals surface area contributed by atoms with Crippen LogP contribution < -0.4 is 10.6 Å². The molecule has 4 aromatic rings. The second kappa shape index (κ2) is 9.09. The lowest BCUT2D eigenvalue weighted by Crippen LogP contribution is -2.43. The summed E-state index contributed by atoms with van der Waals surface area (Å²) < 4.78 is 1.83. The van der Waals surface area contributed by atoms with E-state index in [2.05, 4.69) is 21.7 Å². The minimum absolute atomic E-state index is 0.0663. The number of carbonyl (C=O) groups is 2. The Kier molecular flexibility index (Phi) is 6.07. The molecule has 4 rings (SSSR count). The number of amides is 1. The van der Waals surface area contributed by atoms with Crippen LogP contribution in [0.15, 0.2) is 67.1 Å². The molecule has 1 atom stereocenters. The average Bonchev–Trinajstić information content (AvgIpc) is 3.14.